The maximum Gasteiger partial charge on any atom is 0.253 e. The largest absolute Gasteiger partial charge is 0.381 e. The van der Waals surface area contributed by atoms with Gasteiger partial charge >= 0.3 is 0 Å². The lowest BCUT2D eigenvalue weighted by Gasteiger charge is -2.26. The molecule has 4 nitrogen and oxygen atoms in total. The second kappa shape index (κ2) is 7.43. The highest BCUT2D eigenvalue weighted by Gasteiger charge is 2.43. The number of halogens is 1. The van der Waals surface area contributed by atoms with E-state index in [1.165, 1.54) is 0 Å². The van der Waals surface area contributed by atoms with Crippen molar-refractivity contribution in [2.45, 2.75) is 36.5 Å². The fraction of sp³-hybridized carbons (Fsp3) is 0.588. The van der Waals surface area contributed by atoms with E-state index >= 15 is 0 Å². The molecule has 126 valence electrons. The summed E-state index contributed by atoms with van der Waals surface area (Å²) in [6.45, 7) is 6.21. The number of ether oxygens (including phenoxy) is 2. The van der Waals surface area contributed by atoms with Crippen LogP contribution in [0.4, 0.5) is 5.69 Å². The maximum atomic E-state index is 12.7. The molecule has 23 heavy (non-hydrogen) atoms. The van der Waals surface area contributed by atoms with Crippen LogP contribution in [0, 0.1) is 11.8 Å². The van der Waals surface area contributed by atoms with Crippen molar-refractivity contribution in [1.29, 1.82) is 0 Å². The zero-order valence-electron chi connectivity index (χ0n) is 13.4. The Labute approximate surface area is 146 Å². The molecule has 0 aromatic heterocycles. The van der Waals surface area contributed by atoms with Crippen LogP contribution in [0.2, 0.25) is 5.02 Å². The minimum atomic E-state index is -0.389. The summed E-state index contributed by atoms with van der Waals surface area (Å²) < 4.78 is 11.2. The molecule has 2 saturated heterocycles. The molecule has 2 fully saturated rings. The van der Waals surface area contributed by atoms with Crippen LogP contribution in [0.1, 0.15) is 20.3 Å². The van der Waals surface area contributed by atoms with Gasteiger partial charge in [0.1, 0.15) is 6.10 Å². The van der Waals surface area contributed by atoms with E-state index in [2.05, 4.69) is 19.2 Å². The fourth-order valence-corrected chi connectivity index (χ4v) is 4.38. The van der Waals surface area contributed by atoms with Crippen molar-refractivity contribution in [3.05, 3.63) is 23.2 Å². The number of thioether (sulfide) groups is 1. The van der Waals surface area contributed by atoms with E-state index in [1.54, 1.807) is 11.8 Å². The van der Waals surface area contributed by atoms with E-state index in [0.29, 0.717) is 36.0 Å². The van der Waals surface area contributed by atoms with Gasteiger partial charge in [-0.2, -0.15) is 0 Å². The molecule has 1 aromatic carbocycles. The van der Waals surface area contributed by atoms with E-state index in [0.717, 1.165) is 17.0 Å². The Bertz CT molecular complexity index is 581. The van der Waals surface area contributed by atoms with Crippen LogP contribution in [-0.4, -0.2) is 37.1 Å². The zero-order chi connectivity index (χ0) is 16.4. The summed E-state index contributed by atoms with van der Waals surface area (Å²) in [5.74, 6) is 0.514. The Morgan fingerprint density at radius 2 is 2.22 bits per heavy atom. The minimum Gasteiger partial charge on any atom is -0.381 e. The van der Waals surface area contributed by atoms with Crippen LogP contribution in [-0.2, 0) is 14.3 Å². The Morgan fingerprint density at radius 1 is 1.39 bits per heavy atom. The third-order valence-electron chi connectivity index (χ3n) is 4.25. The van der Waals surface area contributed by atoms with Gasteiger partial charge in [-0.3, -0.25) is 4.79 Å². The fourth-order valence-electron chi connectivity index (χ4n) is 3.17. The van der Waals surface area contributed by atoms with Gasteiger partial charge in [-0.1, -0.05) is 31.5 Å². The van der Waals surface area contributed by atoms with Crippen molar-refractivity contribution in [2.24, 2.45) is 11.8 Å². The molecule has 3 rings (SSSR count). The summed E-state index contributed by atoms with van der Waals surface area (Å²) in [6, 6.07) is 5.60. The molecule has 0 saturated carbocycles. The lowest BCUT2D eigenvalue weighted by Crippen LogP contribution is -2.37. The Kier molecular flexibility index (Phi) is 5.52. The quantitative estimate of drug-likeness (QED) is 0.834. The third-order valence-corrected chi connectivity index (χ3v) is 5.82. The first-order valence-corrected chi connectivity index (χ1v) is 9.27. The highest BCUT2D eigenvalue weighted by molar-refractivity contribution is 8.00. The highest BCUT2D eigenvalue weighted by Crippen LogP contribution is 2.38. The zero-order valence-corrected chi connectivity index (χ0v) is 15.0. The van der Waals surface area contributed by atoms with Crippen molar-refractivity contribution in [2.75, 3.05) is 25.1 Å². The molecule has 3 unspecified atom stereocenters. The summed E-state index contributed by atoms with van der Waals surface area (Å²) in [5.41, 5.74) is 0.764. The molecule has 2 heterocycles. The molecule has 0 bridgehead atoms. The van der Waals surface area contributed by atoms with Crippen molar-refractivity contribution >= 4 is 35.0 Å². The first kappa shape index (κ1) is 17.1. The topological polar surface area (TPSA) is 47.6 Å². The van der Waals surface area contributed by atoms with E-state index in [4.69, 9.17) is 21.1 Å². The molecule has 2 aliphatic heterocycles. The lowest BCUT2D eigenvalue weighted by atomic mass is 9.86. The number of amides is 1. The SMILES string of the molecule is CC(C)Sc1c(Cl)cccc1NC(=O)C1OCC2COCCC21. The van der Waals surface area contributed by atoms with E-state index in [-0.39, 0.29) is 17.9 Å². The average molecular weight is 356 g/mol. The van der Waals surface area contributed by atoms with E-state index in [1.807, 2.05) is 18.2 Å². The van der Waals surface area contributed by atoms with Crippen LogP contribution in [0.5, 0.6) is 0 Å². The molecule has 1 amide bonds. The molecule has 1 N–H and O–H groups in total. The van der Waals surface area contributed by atoms with Gasteiger partial charge in [0.15, 0.2) is 0 Å². The van der Waals surface area contributed by atoms with E-state index in [9.17, 15) is 4.79 Å². The molecule has 0 spiro atoms. The lowest BCUT2D eigenvalue weighted by molar-refractivity contribution is -0.126. The molecule has 3 atom stereocenters. The average Bonchev–Trinajstić information content (AvgIpc) is 2.94. The third kappa shape index (κ3) is 3.85. The van der Waals surface area contributed by atoms with Crippen LogP contribution in [0.15, 0.2) is 23.1 Å². The summed E-state index contributed by atoms with van der Waals surface area (Å²) in [5, 5.41) is 4.07. The van der Waals surface area contributed by atoms with Gasteiger partial charge in [0, 0.05) is 28.6 Å². The molecule has 6 heteroatoms. The van der Waals surface area contributed by atoms with Gasteiger partial charge < -0.3 is 14.8 Å². The smallest absolute Gasteiger partial charge is 0.253 e. The first-order valence-electron chi connectivity index (χ1n) is 8.01. The summed E-state index contributed by atoms with van der Waals surface area (Å²) in [7, 11) is 0. The minimum absolute atomic E-state index is 0.0766. The Balaban J connectivity index is 1.74. The highest BCUT2D eigenvalue weighted by atomic mass is 35.5. The summed E-state index contributed by atoms with van der Waals surface area (Å²) in [6.07, 6.45) is 0.492. The Morgan fingerprint density at radius 3 is 3.00 bits per heavy atom. The van der Waals surface area contributed by atoms with Gasteiger partial charge in [0.05, 0.1) is 23.9 Å². The standard InChI is InChI=1S/C17H22ClNO3S/c1-10(2)23-16-13(18)4-3-5-14(16)19-17(20)15-12-6-7-21-8-11(12)9-22-15/h3-5,10-12,15H,6-9H2,1-2H3,(H,19,20). The number of hydrogen-bond acceptors (Lipinski definition) is 4. The van der Waals surface area contributed by atoms with Gasteiger partial charge in [-0.25, -0.2) is 0 Å². The second-order valence-electron chi connectivity index (χ2n) is 6.31. The molecule has 0 aliphatic carbocycles. The number of anilines is 1. The van der Waals surface area contributed by atoms with E-state index < -0.39 is 0 Å². The van der Waals surface area contributed by atoms with Gasteiger partial charge in [0.25, 0.3) is 5.91 Å². The maximum absolute atomic E-state index is 12.7. The molecule has 0 radical (unpaired) electrons. The number of fused-ring (bicyclic) bond motifs is 1. The van der Waals surface area contributed by atoms with Crippen molar-refractivity contribution < 1.29 is 14.3 Å². The van der Waals surface area contributed by atoms with Crippen molar-refractivity contribution in [3.8, 4) is 0 Å². The summed E-state index contributed by atoms with van der Waals surface area (Å²) >= 11 is 7.96. The number of nitrogens with one attached hydrogen (secondary N) is 1. The Hall–Kier alpha value is -0.750. The number of rotatable bonds is 4. The van der Waals surface area contributed by atoms with Gasteiger partial charge in [-0.15, -0.1) is 11.8 Å². The number of hydrogen-bond donors (Lipinski definition) is 1. The van der Waals surface area contributed by atoms with Crippen LogP contribution in [0.3, 0.4) is 0 Å². The second-order valence-corrected chi connectivity index (χ2v) is 8.31. The monoisotopic (exact) mass is 355 g/mol. The number of carbonyl (C=O) groups is 1. The molecule has 1 aromatic rings. The number of carbonyl (C=O) groups excluding carboxylic acids is 1. The molecule has 2 aliphatic rings. The predicted octanol–water partition coefficient (Wildman–Crippen LogP) is 3.83. The molecular weight excluding hydrogens is 334 g/mol. The summed E-state index contributed by atoms with van der Waals surface area (Å²) in [4.78, 5) is 13.6. The van der Waals surface area contributed by atoms with Crippen LogP contribution >= 0.6 is 23.4 Å². The van der Waals surface area contributed by atoms with Crippen LogP contribution < -0.4 is 5.32 Å². The molecular formula is C17H22ClNO3S. The first-order chi connectivity index (χ1) is 11.1. The van der Waals surface area contributed by atoms with Crippen molar-refractivity contribution in [3.63, 3.8) is 0 Å². The van der Waals surface area contributed by atoms with Crippen molar-refractivity contribution in [1.82, 2.24) is 0 Å². The van der Waals surface area contributed by atoms with Gasteiger partial charge in [0.2, 0.25) is 0 Å². The number of benzene rings is 1. The van der Waals surface area contributed by atoms with Crippen LogP contribution in [0.25, 0.3) is 0 Å². The van der Waals surface area contributed by atoms with Gasteiger partial charge in [-0.05, 0) is 18.6 Å². The normalized spacial score (nSPS) is 27.0. The predicted molar refractivity (Wildman–Crippen MR) is 93.2 cm³/mol.